The van der Waals surface area contributed by atoms with Crippen LogP contribution >= 0.6 is 0 Å². The second-order valence-electron chi connectivity index (χ2n) is 6.97. The van der Waals surface area contributed by atoms with Crippen LogP contribution < -0.4 is 15.8 Å². The fourth-order valence-corrected chi connectivity index (χ4v) is 3.28. The van der Waals surface area contributed by atoms with Crippen molar-refractivity contribution in [2.45, 2.75) is 31.6 Å². The van der Waals surface area contributed by atoms with Gasteiger partial charge in [0.15, 0.2) is 6.61 Å². The van der Waals surface area contributed by atoms with Crippen LogP contribution in [0.4, 0.5) is 18.9 Å². The molecule has 1 saturated heterocycles. The Bertz CT molecular complexity index is 903. The van der Waals surface area contributed by atoms with Gasteiger partial charge in [-0.25, -0.2) is 4.98 Å². The SMILES string of the molecule is NC(=O)C1CCCN1Cc1cccc(NC(=O)c2ccc(OCC(F)(F)F)nc2)c1. The second kappa shape index (κ2) is 9.12. The van der Waals surface area contributed by atoms with Gasteiger partial charge >= 0.3 is 6.18 Å². The molecule has 1 unspecified atom stereocenters. The van der Waals surface area contributed by atoms with Crippen molar-refractivity contribution in [2.24, 2.45) is 5.73 Å². The molecule has 1 aliphatic rings. The van der Waals surface area contributed by atoms with Crippen LogP contribution in [-0.4, -0.2) is 47.1 Å². The lowest BCUT2D eigenvalue weighted by Gasteiger charge is -2.22. The van der Waals surface area contributed by atoms with E-state index < -0.39 is 18.7 Å². The molecule has 10 heteroatoms. The Labute approximate surface area is 171 Å². The summed E-state index contributed by atoms with van der Waals surface area (Å²) in [5.74, 6) is -1.02. The number of carbonyl (C=O) groups excluding carboxylic acids is 2. The number of amides is 2. The molecule has 1 atom stereocenters. The minimum atomic E-state index is -4.46. The molecule has 160 valence electrons. The number of hydrogen-bond acceptors (Lipinski definition) is 5. The molecule has 1 aromatic carbocycles. The van der Waals surface area contributed by atoms with Gasteiger partial charge in [0.25, 0.3) is 5.91 Å². The summed E-state index contributed by atoms with van der Waals surface area (Å²) in [6.07, 6.45) is -1.68. The van der Waals surface area contributed by atoms with Crippen molar-refractivity contribution in [3.05, 3.63) is 53.7 Å². The zero-order chi connectivity index (χ0) is 21.7. The molecular weight excluding hydrogens is 401 g/mol. The Kier molecular flexibility index (Phi) is 6.56. The van der Waals surface area contributed by atoms with E-state index in [1.54, 1.807) is 18.2 Å². The molecule has 0 saturated carbocycles. The molecule has 3 rings (SSSR count). The number of primary amides is 1. The number of aromatic nitrogens is 1. The third kappa shape index (κ3) is 5.93. The van der Waals surface area contributed by atoms with Crippen LogP contribution in [0.1, 0.15) is 28.8 Å². The summed E-state index contributed by atoms with van der Waals surface area (Å²) < 4.78 is 41.0. The lowest BCUT2D eigenvalue weighted by Crippen LogP contribution is -2.39. The van der Waals surface area contributed by atoms with Gasteiger partial charge in [-0.05, 0) is 43.1 Å². The standard InChI is InChI=1S/C20H21F3N4O3/c21-20(22,23)12-30-17-7-6-14(10-25-17)19(29)26-15-4-1-3-13(9-15)11-27-8-2-5-16(27)18(24)28/h1,3-4,6-7,9-10,16H,2,5,8,11-12H2,(H2,24,28)(H,26,29). The summed E-state index contributed by atoms with van der Waals surface area (Å²) >= 11 is 0. The number of benzene rings is 1. The maximum Gasteiger partial charge on any atom is 0.422 e. The number of rotatable bonds is 7. The van der Waals surface area contributed by atoms with E-state index >= 15 is 0 Å². The van der Waals surface area contributed by atoms with Gasteiger partial charge in [0.2, 0.25) is 11.8 Å². The first kappa shape index (κ1) is 21.6. The van der Waals surface area contributed by atoms with E-state index in [4.69, 9.17) is 5.73 Å². The molecule has 2 amide bonds. The fourth-order valence-electron chi connectivity index (χ4n) is 3.28. The number of nitrogens with two attached hydrogens (primary N) is 1. The number of halogens is 3. The van der Waals surface area contributed by atoms with Crippen LogP contribution in [0.5, 0.6) is 5.88 Å². The number of nitrogens with zero attached hydrogens (tertiary/aromatic N) is 2. The van der Waals surface area contributed by atoms with E-state index in [1.165, 1.54) is 12.1 Å². The highest BCUT2D eigenvalue weighted by Gasteiger charge is 2.29. The molecule has 30 heavy (non-hydrogen) atoms. The Morgan fingerprint density at radius 2 is 2.07 bits per heavy atom. The average molecular weight is 422 g/mol. The van der Waals surface area contributed by atoms with Crippen LogP contribution in [0.2, 0.25) is 0 Å². The van der Waals surface area contributed by atoms with E-state index in [2.05, 4.69) is 15.0 Å². The number of nitrogens with one attached hydrogen (secondary N) is 1. The summed E-state index contributed by atoms with van der Waals surface area (Å²) in [5.41, 5.74) is 7.08. The van der Waals surface area contributed by atoms with Crippen molar-refractivity contribution in [3.8, 4) is 5.88 Å². The van der Waals surface area contributed by atoms with E-state index in [0.717, 1.165) is 31.1 Å². The smallest absolute Gasteiger partial charge is 0.422 e. The number of alkyl halides is 3. The first-order chi connectivity index (χ1) is 14.2. The van der Waals surface area contributed by atoms with E-state index in [-0.39, 0.29) is 23.4 Å². The molecular formula is C20H21F3N4O3. The van der Waals surface area contributed by atoms with E-state index in [9.17, 15) is 22.8 Å². The molecule has 2 heterocycles. The Balaban J connectivity index is 1.60. The highest BCUT2D eigenvalue weighted by Crippen LogP contribution is 2.22. The van der Waals surface area contributed by atoms with Crippen molar-refractivity contribution in [3.63, 3.8) is 0 Å². The quantitative estimate of drug-likeness (QED) is 0.715. The molecule has 0 aliphatic carbocycles. The Hall–Kier alpha value is -3.14. The normalized spacial score (nSPS) is 17.0. The number of anilines is 1. The van der Waals surface area contributed by atoms with Gasteiger partial charge in [0, 0.05) is 24.5 Å². The van der Waals surface area contributed by atoms with Crippen molar-refractivity contribution in [1.82, 2.24) is 9.88 Å². The minimum Gasteiger partial charge on any atom is -0.468 e. The summed E-state index contributed by atoms with van der Waals surface area (Å²) in [4.78, 5) is 29.7. The van der Waals surface area contributed by atoms with Gasteiger partial charge in [-0.3, -0.25) is 14.5 Å². The molecule has 0 spiro atoms. The molecule has 1 fully saturated rings. The molecule has 2 aromatic rings. The third-order valence-corrected chi connectivity index (χ3v) is 4.64. The average Bonchev–Trinajstić information content (AvgIpc) is 3.15. The van der Waals surface area contributed by atoms with E-state index in [0.29, 0.717) is 12.2 Å². The van der Waals surface area contributed by atoms with Crippen LogP contribution in [0.25, 0.3) is 0 Å². The fraction of sp³-hybridized carbons (Fsp3) is 0.350. The first-order valence-electron chi connectivity index (χ1n) is 9.30. The highest BCUT2D eigenvalue weighted by molar-refractivity contribution is 6.04. The molecule has 0 bridgehead atoms. The van der Waals surface area contributed by atoms with E-state index in [1.807, 2.05) is 11.0 Å². The molecule has 1 aliphatic heterocycles. The van der Waals surface area contributed by atoms with Crippen molar-refractivity contribution in [2.75, 3.05) is 18.5 Å². The molecule has 7 nitrogen and oxygen atoms in total. The van der Waals surface area contributed by atoms with Gasteiger partial charge in [-0.1, -0.05) is 12.1 Å². The summed E-state index contributed by atoms with van der Waals surface area (Å²) in [5, 5.41) is 2.72. The van der Waals surface area contributed by atoms with Gasteiger partial charge in [-0.15, -0.1) is 0 Å². The van der Waals surface area contributed by atoms with Crippen LogP contribution in [-0.2, 0) is 11.3 Å². The van der Waals surface area contributed by atoms with Gasteiger partial charge in [-0.2, -0.15) is 13.2 Å². The van der Waals surface area contributed by atoms with Crippen LogP contribution in [0, 0.1) is 0 Å². The zero-order valence-corrected chi connectivity index (χ0v) is 16.0. The topological polar surface area (TPSA) is 97.6 Å². The monoisotopic (exact) mass is 422 g/mol. The molecule has 0 radical (unpaired) electrons. The van der Waals surface area contributed by atoms with Gasteiger partial charge < -0.3 is 15.8 Å². The summed E-state index contributed by atoms with van der Waals surface area (Å²) in [6, 6.07) is 9.43. The molecule has 3 N–H and O–H groups in total. The second-order valence-corrected chi connectivity index (χ2v) is 6.97. The summed E-state index contributed by atoms with van der Waals surface area (Å²) in [6.45, 7) is -0.144. The van der Waals surface area contributed by atoms with Crippen molar-refractivity contribution in [1.29, 1.82) is 0 Å². The third-order valence-electron chi connectivity index (χ3n) is 4.64. The van der Waals surface area contributed by atoms with Gasteiger partial charge in [0.05, 0.1) is 11.6 Å². The zero-order valence-electron chi connectivity index (χ0n) is 16.0. The number of likely N-dealkylation sites (tertiary alicyclic amines) is 1. The first-order valence-corrected chi connectivity index (χ1v) is 9.30. The van der Waals surface area contributed by atoms with Crippen molar-refractivity contribution >= 4 is 17.5 Å². The summed E-state index contributed by atoms with van der Waals surface area (Å²) in [7, 11) is 0. The predicted octanol–water partition coefficient (Wildman–Crippen LogP) is 2.72. The number of ether oxygens (including phenoxy) is 1. The van der Waals surface area contributed by atoms with Crippen LogP contribution in [0.15, 0.2) is 42.6 Å². The maximum atomic E-state index is 12.4. The number of hydrogen-bond donors (Lipinski definition) is 2. The lowest BCUT2D eigenvalue weighted by molar-refractivity contribution is -0.154. The largest absolute Gasteiger partial charge is 0.468 e. The van der Waals surface area contributed by atoms with Crippen molar-refractivity contribution < 1.29 is 27.5 Å². The lowest BCUT2D eigenvalue weighted by atomic mass is 10.1. The minimum absolute atomic E-state index is 0.174. The number of pyridine rings is 1. The number of carbonyl (C=O) groups is 2. The molecule has 1 aromatic heterocycles. The van der Waals surface area contributed by atoms with Gasteiger partial charge in [0.1, 0.15) is 0 Å². The maximum absolute atomic E-state index is 12.4. The van der Waals surface area contributed by atoms with Crippen LogP contribution in [0.3, 0.4) is 0 Å². The highest BCUT2D eigenvalue weighted by atomic mass is 19.4. The predicted molar refractivity (Wildman–Crippen MR) is 103 cm³/mol. The Morgan fingerprint density at radius 1 is 1.27 bits per heavy atom. The Morgan fingerprint density at radius 3 is 2.73 bits per heavy atom.